The Morgan fingerprint density at radius 1 is 1.73 bits per heavy atom. The summed E-state index contributed by atoms with van der Waals surface area (Å²) in [4.78, 5) is 3.81. The molecular formula is C7H17N3S. The predicted octanol–water partition coefficient (Wildman–Crippen LogP) is 0.662. The zero-order valence-electron chi connectivity index (χ0n) is 7.42. The smallest absolute Gasteiger partial charge is 0.188 e. The standard InChI is InChI=1S/C7H17N3S/c1-4-11-5-6(2)10-7(8)9-3/h6H,4-5H2,1-3H3,(H3,8,9,10). The van der Waals surface area contributed by atoms with Crippen LogP contribution in [0.3, 0.4) is 0 Å². The molecule has 0 heterocycles. The first-order valence-electron chi connectivity index (χ1n) is 3.77. The Bertz CT molecular complexity index is 125. The number of aliphatic imine (C=N–C) groups is 1. The van der Waals surface area contributed by atoms with Gasteiger partial charge in [0.05, 0.1) is 0 Å². The first-order valence-corrected chi connectivity index (χ1v) is 4.92. The molecular weight excluding hydrogens is 158 g/mol. The van der Waals surface area contributed by atoms with Crippen LogP contribution in [0.1, 0.15) is 13.8 Å². The zero-order chi connectivity index (χ0) is 8.69. The van der Waals surface area contributed by atoms with Crippen molar-refractivity contribution in [3.63, 3.8) is 0 Å². The van der Waals surface area contributed by atoms with E-state index in [2.05, 4.69) is 24.2 Å². The van der Waals surface area contributed by atoms with Crippen LogP contribution in [-0.2, 0) is 0 Å². The van der Waals surface area contributed by atoms with E-state index in [1.165, 1.54) is 0 Å². The molecule has 0 fully saturated rings. The van der Waals surface area contributed by atoms with E-state index in [0.717, 1.165) is 11.5 Å². The minimum atomic E-state index is 0.406. The molecule has 1 atom stereocenters. The van der Waals surface area contributed by atoms with Crippen LogP contribution in [0.25, 0.3) is 0 Å². The fourth-order valence-electron chi connectivity index (χ4n) is 0.653. The van der Waals surface area contributed by atoms with Crippen LogP contribution in [0, 0.1) is 0 Å². The molecule has 0 aromatic rings. The first-order chi connectivity index (χ1) is 5.20. The Kier molecular flexibility index (Phi) is 6.12. The molecule has 0 radical (unpaired) electrons. The van der Waals surface area contributed by atoms with E-state index in [-0.39, 0.29) is 0 Å². The van der Waals surface area contributed by atoms with Crippen molar-refractivity contribution in [1.29, 1.82) is 0 Å². The van der Waals surface area contributed by atoms with Crippen LogP contribution in [0.2, 0.25) is 0 Å². The topological polar surface area (TPSA) is 50.4 Å². The monoisotopic (exact) mass is 175 g/mol. The van der Waals surface area contributed by atoms with Crippen molar-refractivity contribution >= 4 is 17.7 Å². The van der Waals surface area contributed by atoms with Gasteiger partial charge in [0.15, 0.2) is 5.96 Å². The molecule has 11 heavy (non-hydrogen) atoms. The third-order valence-corrected chi connectivity index (χ3v) is 2.35. The molecule has 0 aliphatic carbocycles. The summed E-state index contributed by atoms with van der Waals surface area (Å²) in [6.45, 7) is 4.25. The maximum absolute atomic E-state index is 5.48. The Labute approximate surface area is 72.8 Å². The largest absolute Gasteiger partial charge is 0.370 e. The van der Waals surface area contributed by atoms with Crippen LogP contribution in [0.15, 0.2) is 4.99 Å². The molecule has 0 aliphatic rings. The molecule has 3 nitrogen and oxygen atoms in total. The summed E-state index contributed by atoms with van der Waals surface area (Å²) in [5.41, 5.74) is 5.48. The second kappa shape index (κ2) is 6.34. The van der Waals surface area contributed by atoms with Crippen molar-refractivity contribution in [3.8, 4) is 0 Å². The summed E-state index contributed by atoms with van der Waals surface area (Å²) in [6.07, 6.45) is 0. The molecule has 0 aromatic carbocycles. The van der Waals surface area contributed by atoms with E-state index >= 15 is 0 Å². The quantitative estimate of drug-likeness (QED) is 0.487. The van der Waals surface area contributed by atoms with Gasteiger partial charge in [-0.25, -0.2) is 0 Å². The molecule has 0 saturated carbocycles. The number of rotatable bonds is 4. The van der Waals surface area contributed by atoms with E-state index in [9.17, 15) is 0 Å². The van der Waals surface area contributed by atoms with Gasteiger partial charge in [-0.05, 0) is 12.7 Å². The second-order valence-corrected chi connectivity index (χ2v) is 3.63. The second-order valence-electron chi connectivity index (χ2n) is 2.31. The highest BCUT2D eigenvalue weighted by molar-refractivity contribution is 7.99. The Balaban J connectivity index is 3.43. The van der Waals surface area contributed by atoms with Gasteiger partial charge in [0.1, 0.15) is 0 Å². The fraction of sp³-hybridized carbons (Fsp3) is 0.857. The Morgan fingerprint density at radius 3 is 2.82 bits per heavy atom. The van der Waals surface area contributed by atoms with E-state index in [1.54, 1.807) is 7.05 Å². The lowest BCUT2D eigenvalue weighted by atomic mass is 10.4. The molecule has 0 amide bonds. The maximum Gasteiger partial charge on any atom is 0.188 e. The number of hydrogen-bond donors (Lipinski definition) is 2. The van der Waals surface area contributed by atoms with Crippen LogP contribution in [0.5, 0.6) is 0 Å². The summed E-state index contributed by atoms with van der Waals surface area (Å²) in [5, 5.41) is 3.07. The van der Waals surface area contributed by atoms with Crippen molar-refractivity contribution in [1.82, 2.24) is 5.32 Å². The van der Waals surface area contributed by atoms with Gasteiger partial charge in [-0.15, -0.1) is 0 Å². The van der Waals surface area contributed by atoms with E-state index in [0.29, 0.717) is 12.0 Å². The first kappa shape index (κ1) is 10.6. The van der Waals surface area contributed by atoms with Crippen molar-refractivity contribution in [2.75, 3.05) is 18.6 Å². The van der Waals surface area contributed by atoms with Gasteiger partial charge in [-0.1, -0.05) is 6.92 Å². The number of hydrogen-bond acceptors (Lipinski definition) is 2. The van der Waals surface area contributed by atoms with Crippen molar-refractivity contribution in [2.45, 2.75) is 19.9 Å². The van der Waals surface area contributed by atoms with Crippen LogP contribution in [-0.4, -0.2) is 30.6 Å². The fourth-order valence-corrected chi connectivity index (χ4v) is 1.33. The highest BCUT2D eigenvalue weighted by Crippen LogP contribution is 2.00. The molecule has 4 heteroatoms. The number of nitrogens with one attached hydrogen (secondary N) is 1. The lowest BCUT2D eigenvalue weighted by molar-refractivity contribution is 0.737. The molecule has 0 aliphatic heterocycles. The third kappa shape index (κ3) is 6.04. The number of guanidine groups is 1. The van der Waals surface area contributed by atoms with Crippen molar-refractivity contribution in [2.24, 2.45) is 10.7 Å². The van der Waals surface area contributed by atoms with Crippen molar-refractivity contribution in [3.05, 3.63) is 0 Å². The Morgan fingerprint density at radius 2 is 2.36 bits per heavy atom. The zero-order valence-corrected chi connectivity index (χ0v) is 8.24. The van der Waals surface area contributed by atoms with Crippen LogP contribution < -0.4 is 11.1 Å². The number of nitrogens with two attached hydrogens (primary N) is 1. The van der Waals surface area contributed by atoms with Gasteiger partial charge < -0.3 is 11.1 Å². The van der Waals surface area contributed by atoms with E-state index in [1.807, 2.05) is 11.8 Å². The summed E-state index contributed by atoms with van der Waals surface area (Å²) in [5.74, 6) is 2.75. The van der Waals surface area contributed by atoms with Gasteiger partial charge in [0.25, 0.3) is 0 Å². The molecule has 66 valence electrons. The molecule has 0 spiro atoms. The molecule has 0 bridgehead atoms. The van der Waals surface area contributed by atoms with Gasteiger partial charge in [-0.2, -0.15) is 11.8 Å². The number of thioether (sulfide) groups is 1. The van der Waals surface area contributed by atoms with Gasteiger partial charge in [-0.3, -0.25) is 4.99 Å². The molecule has 0 saturated heterocycles. The summed E-state index contributed by atoms with van der Waals surface area (Å²) >= 11 is 1.90. The normalized spacial score (nSPS) is 14.6. The van der Waals surface area contributed by atoms with E-state index in [4.69, 9.17) is 5.73 Å². The predicted molar refractivity (Wildman–Crippen MR) is 53.1 cm³/mol. The Hall–Kier alpha value is -0.380. The van der Waals surface area contributed by atoms with Crippen LogP contribution in [0.4, 0.5) is 0 Å². The lowest BCUT2D eigenvalue weighted by Gasteiger charge is -2.12. The average Bonchev–Trinajstić information content (AvgIpc) is 2.00. The molecule has 3 N–H and O–H groups in total. The summed E-state index contributed by atoms with van der Waals surface area (Å²) < 4.78 is 0. The van der Waals surface area contributed by atoms with Gasteiger partial charge in [0.2, 0.25) is 0 Å². The summed E-state index contributed by atoms with van der Waals surface area (Å²) in [7, 11) is 1.68. The highest BCUT2D eigenvalue weighted by Gasteiger charge is 2.00. The molecule has 0 aromatic heterocycles. The average molecular weight is 175 g/mol. The van der Waals surface area contributed by atoms with Crippen LogP contribution >= 0.6 is 11.8 Å². The minimum Gasteiger partial charge on any atom is -0.370 e. The van der Waals surface area contributed by atoms with Gasteiger partial charge >= 0.3 is 0 Å². The third-order valence-electron chi connectivity index (χ3n) is 1.21. The SMILES string of the molecule is CCSCC(C)NC(N)=NC. The van der Waals surface area contributed by atoms with Gasteiger partial charge in [0, 0.05) is 18.8 Å². The highest BCUT2D eigenvalue weighted by atomic mass is 32.2. The summed E-state index contributed by atoms with van der Waals surface area (Å²) in [6, 6.07) is 0.406. The molecule has 0 rings (SSSR count). The maximum atomic E-state index is 5.48. The lowest BCUT2D eigenvalue weighted by Crippen LogP contribution is -2.39. The van der Waals surface area contributed by atoms with E-state index < -0.39 is 0 Å². The van der Waals surface area contributed by atoms with Crippen molar-refractivity contribution < 1.29 is 0 Å². The number of nitrogens with zero attached hydrogens (tertiary/aromatic N) is 1. The minimum absolute atomic E-state index is 0.406. The molecule has 1 unspecified atom stereocenters.